The molecule has 1 fully saturated rings. The molecule has 0 aromatic carbocycles. The second kappa shape index (κ2) is 6.89. The number of imidazole rings is 1. The lowest BCUT2D eigenvalue weighted by atomic mass is 10.2. The molecule has 0 saturated carbocycles. The quantitative estimate of drug-likeness (QED) is 0.872. The van der Waals surface area contributed by atoms with Crippen LogP contribution in [0.25, 0.3) is 5.65 Å². The molecule has 118 valence electrons. The third kappa shape index (κ3) is 3.84. The maximum absolute atomic E-state index is 10.5. The van der Waals surface area contributed by atoms with Crippen molar-refractivity contribution < 1.29 is 9.90 Å². The number of nitrogens with zero attached hydrogens (tertiary/aromatic N) is 4. The molecule has 1 aliphatic heterocycles. The highest BCUT2D eigenvalue weighted by molar-refractivity contribution is 5.66. The summed E-state index contributed by atoms with van der Waals surface area (Å²) in [6.45, 7) is 5.81. The van der Waals surface area contributed by atoms with Gasteiger partial charge in [0, 0.05) is 51.5 Å². The van der Waals surface area contributed by atoms with Crippen molar-refractivity contribution in [2.24, 2.45) is 0 Å². The van der Waals surface area contributed by atoms with Gasteiger partial charge >= 0.3 is 5.97 Å². The van der Waals surface area contributed by atoms with Gasteiger partial charge in [-0.25, -0.2) is 4.98 Å². The number of carbonyl (C=O) groups is 1. The molecule has 1 N–H and O–H groups in total. The number of piperazine rings is 1. The molecule has 0 bridgehead atoms. The Hall–Kier alpha value is -1.92. The first-order chi connectivity index (χ1) is 10.7. The molecule has 6 nitrogen and oxygen atoms in total. The molecule has 3 rings (SSSR count). The lowest BCUT2D eigenvalue weighted by Crippen LogP contribution is -2.46. The number of aromatic nitrogens is 2. The Morgan fingerprint density at radius 3 is 2.68 bits per heavy atom. The molecular formula is C16H22N4O2. The van der Waals surface area contributed by atoms with Gasteiger partial charge in [0.1, 0.15) is 5.65 Å². The van der Waals surface area contributed by atoms with Crippen LogP contribution in [0.2, 0.25) is 0 Å². The predicted octanol–water partition coefficient (Wildman–Crippen LogP) is 1.32. The highest BCUT2D eigenvalue weighted by Crippen LogP contribution is 2.10. The van der Waals surface area contributed by atoms with E-state index in [1.165, 1.54) is 0 Å². The fourth-order valence-corrected chi connectivity index (χ4v) is 2.92. The van der Waals surface area contributed by atoms with Crippen LogP contribution < -0.4 is 0 Å². The number of rotatable bonds is 6. The minimum Gasteiger partial charge on any atom is -0.481 e. The highest BCUT2D eigenvalue weighted by Gasteiger charge is 2.17. The zero-order valence-corrected chi connectivity index (χ0v) is 12.7. The molecule has 2 aromatic heterocycles. The molecule has 1 saturated heterocycles. The average Bonchev–Trinajstić information content (AvgIpc) is 2.91. The van der Waals surface area contributed by atoms with Crippen LogP contribution in [-0.4, -0.2) is 63.0 Å². The largest absolute Gasteiger partial charge is 0.481 e. The number of hydrogen-bond acceptors (Lipinski definition) is 4. The number of fused-ring (bicyclic) bond motifs is 1. The molecule has 2 aromatic rings. The summed E-state index contributed by atoms with van der Waals surface area (Å²) < 4.78 is 2.05. The first-order valence-corrected chi connectivity index (χ1v) is 7.80. The van der Waals surface area contributed by atoms with Gasteiger partial charge in [-0.3, -0.25) is 9.69 Å². The maximum Gasteiger partial charge on any atom is 0.303 e. The van der Waals surface area contributed by atoms with Crippen LogP contribution in [0.5, 0.6) is 0 Å². The standard InChI is InChI=1S/C16H22N4O2/c21-16(22)5-3-6-18-8-10-19(11-9-18)12-14-13-20-7-2-1-4-15(20)17-14/h1-2,4,7,13H,3,5-6,8-12H2,(H,21,22). The van der Waals surface area contributed by atoms with E-state index in [1.807, 2.05) is 24.4 Å². The lowest BCUT2D eigenvalue weighted by Gasteiger charge is -2.34. The van der Waals surface area contributed by atoms with E-state index < -0.39 is 5.97 Å². The van der Waals surface area contributed by atoms with Crippen LogP contribution in [0.3, 0.4) is 0 Å². The van der Waals surface area contributed by atoms with Crippen LogP contribution >= 0.6 is 0 Å². The van der Waals surface area contributed by atoms with Gasteiger partial charge in [0.2, 0.25) is 0 Å². The minimum atomic E-state index is -0.703. The SMILES string of the molecule is O=C(O)CCCN1CCN(Cc2cn3ccccc3n2)CC1. The molecule has 6 heteroatoms. The maximum atomic E-state index is 10.5. The van der Waals surface area contributed by atoms with E-state index >= 15 is 0 Å². The summed E-state index contributed by atoms with van der Waals surface area (Å²) in [6, 6.07) is 6.03. The fraction of sp³-hybridized carbons (Fsp3) is 0.500. The minimum absolute atomic E-state index is 0.265. The Bertz CT molecular complexity index is 599. The molecule has 0 amide bonds. The van der Waals surface area contributed by atoms with Gasteiger partial charge < -0.3 is 14.4 Å². The highest BCUT2D eigenvalue weighted by atomic mass is 16.4. The second-order valence-corrected chi connectivity index (χ2v) is 5.81. The van der Waals surface area contributed by atoms with Crippen LogP contribution in [0.4, 0.5) is 0 Å². The number of carboxylic acid groups (broad SMARTS) is 1. The van der Waals surface area contributed by atoms with Crippen LogP contribution in [-0.2, 0) is 11.3 Å². The van der Waals surface area contributed by atoms with Crippen LogP contribution in [0.1, 0.15) is 18.5 Å². The monoisotopic (exact) mass is 302 g/mol. The summed E-state index contributed by atoms with van der Waals surface area (Å²) in [5, 5.41) is 8.67. The Balaban J connectivity index is 1.46. The van der Waals surface area contributed by atoms with E-state index in [1.54, 1.807) is 0 Å². The molecule has 0 atom stereocenters. The van der Waals surface area contributed by atoms with Gasteiger partial charge in [0.15, 0.2) is 0 Å². The van der Waals surface area contributed by atoms with Crippen molar-refractivity contribution in [1.82, 2.24) is 19.2 Å². The van der Waals surface area contributed by atoms with Crippen LogP contribution in [0.15, 0.2) is 30.6 Å². The van der Waals surface area contributed by atoms with Gasteiger partial charge in [-0.2, -0.15) is 0 Å². The Morgan fingerprint density at radius 2 is 1.95 bits per heavy atom. The van der Waals surface area contributed by atoms with Crippen molar-refractivity contribution in [1.29, 1.82) is 0 Å². The number of carboxylic acids is 1. The topological polar surface area (TPSA) is 61.1 Å². The van der Waals surface area contributed by atoms with E-state index in [2.05, 4.69) is 25.4 Å². The van der Waals surface area contributed by atoms with Crippen molar-refractivity contribution in [3.63, 3.8) is 0 Å². The number of aliphatic carboxylic acids is 1. The normalized spacial score (nSPS) is 17.1. The summed E-state index contributed by atoms with van der Waals surface area (Å²) in [4.78, 5) is 19.9. The van der Waals surface area contributed by atoms with E-state index in [4.69, 9.17) is 5.11 Å². The summed E-state index contributed by atoms with van der Waals surface area (Å²) in [6.07, 6.45) is 5.12. The lowest BCUT2D eigenvalue weighted by molar-refractivity contribution is -0.137. The summed E-state index contributed by atoms with van der Waals surface area (Å²) in [7, 11) is 0. The van der Waals surface area contributed by atoms with Gasteiger partial charge in [-0.1, -0.05) is 6.07 Å². The molecule has 0 aliphatic carbocycles. The van der Waals surface area contributed by atoms with E-state index in [-0.39, 0.29) is 6.42 Å². The average molecular weight is 302 g/mol. The Labute approximate surface area is 130 Å². The summed E-state index contributed by atoms with van der Waals surface area (Å²) >= 11 is 0. The number of pyridine rings is 1. The summed E-state index contributed by atoms with van der Waals surface area (Å²) in [5.41, 5.74) is 2.09. The molecular weight excluding hydrogens is 280 g/mol. The van der Waals surface area contributed by atoms with Gasteiger partial charge in [-0.15, -0.1) is 0 Å². The molecule has 0 unspecified atom stereocenters. The van der Waals surface area contributed by atoms with Crippen LogP contribution in [0, 0.1) is 0 Å². The Morgan fingerprint density at radius 1 is 1.18 bits per heavy atom. The summed E-state index contributed by atoms with van der Waals surface area (Å²) in [5.74, 6) is -0.703. The molecule has 0 radical (unpaired) electrons. The molecule has 1 aliphatic rings. The Kier molecular flexibility index (Phi) is 4.70. The van der Waals surface area contributed by atoms with Crippen molar-refractivity contribution in [3.05, 3.63) is 36.3 Å². The zero-order chi connectivity index (χ0) is 15.4. The van der Waals surface area contributed by atoms with Gasteiger partial charge in [-0.05, 0) is 25.1 Å². The van der Waals surface area contributed by atoms with Crippen molar-refractivity contribution in [2.45, 2.75) is 19.4 Å². The van der Waals surface area contributed by atoms with Crippen molar-refractivity contribution in [3.8, 4) is 0 Å². The first-order valence-electron chi connectivity index (χ1n) is 7.80. The first kappa shape index (κ1) is 15.0. The third-order valence-corrected chi connectivity index (χ3v) is 4.13. The van der Waals surface area contributed by atoms with Crippen molar-refractivity contribution >= 4 is 11.6 Å². The third-order valence-electron chi connectivity index (χ3n) is 4.13. The molecule has 0 spiro atoms. The van der Waals surface area contributed by atoms with Gasteiger partial charge in [0.25, 0.3) is 0 Å². The molecule has 22 heavy (non-hydrogen) atoms. The predicted molar refractivity (Wildman–Crippen MR) is 83.8 cm³/mol. The van der Waals surface area contributed by atoms with E-state index in [9.17, 15) is 4.79 Å². The molecule has 3 heterocycles. The van der Waals surface area contributed by atoms with Crippen molar-refractivity contribution in [2.75, 3.05) is 32.7 Å². The van der Waals surface area contributed by atoms with Gasteiger partial charge in [0.05, 0.1) is 5.69 Å². The van der Waals surface area contributed by atoms with E-state index in [0.717, 1.165) is 57.0 Å². The zero-order valence-electron chi connectivity index (χ0n) is 12.7. The second-order valence-electron chi connectivity index (χ2n) is 5.81. The number of hydrogen-bond donors (Lipinski definition) is 1. The van der Waals surface area contributed by atoms with E-state index in [0.29, 0.717) is 0 Å². The fourth-order valence-electron chi connectivity index (χ4n) is 2.92. The smallest absolute Gasteiger partial charge is 0.303 e.